The zero-order valence-electron chi connectivity index (χ0n) is 12.8. The number of amides is 2. The number of benzene rings is 1. The first-order valence-electron chi connectivity index (χ1n) is 7.60. The summed E-state index contributed by atoms with van der Waals surface area (Å²) in [6.07, 6.45) is 4.71. The zero-order chi connectivity index (χ0) is 16.7. The van der Waals surface area contributed by atoms with Gasteiger partial charge < -0.3 is 10.6 Å². The molecular weight excluding hydrogens is 306 g/mol. The highest BCUT2D eigenvalue weighted by molar-refractivity contribution is 6.05. The third-order valence-electron chi connectivity index (χ3n) is 4.29. The second-order valence-electron chi connectivity index (χ2n) is 5.82. The summed E-state index contributed by atoms with van der Waals surface area (Å²) in [5, 5.41) is 5.98. The molecule has 2 amide bonds. The molecular formula is C17H15N5O2. The van der Waals surface area contributed by atoms with E-state index in [4.69, 9.17) is 5.73 Å². The molecule has 2 aromatic heterocycles. The number of primary amides is 1. The van der Waals surface area contributed by atoms with Crippen LogP contribution in [0.4, 0.5) is 0 Å². The number of nitrogens with zero attached hydrogens (tertiary/aromatic N) is 4. The molecule has 0 spiro atoms. The molecule has 24 heavy (non-hydrogen) atoms. The van der Waals surface area contributed by atoms with Gasteiger partial charge in [0.2, 0.25) is 0 Å². The Kier molecular flexibility index (Phi) is 3.26. The fourth-order valence-electron chi connectivity index (χ4n) is 2.89. The summed E-state index contributed by atoms with van der Waals surface area (Å²) in [7, 11) is 0. The van der Waals surface area contributed by atoms with Crippen molar-refractivity contribution in [2.75, 3.05) is 13.1 Å². The highest BCUT2D eigenvalue weighted by atomic mass is 16.2. The molecule has 7 nitrogen and oxygen atoms in total. The van der Waals surface area contributed by atoms with Crippen molar-refractivity contribution < 1.29 is 9.59 Å². The predicted molar refractivity (Wildman–Crippen MR) is 87.4 cm³/mol. The van der Waals surface area contributed by atoms with Crippen molar-refractivity contribution in [1.82, 2.24) is 19.7 Å². The lowest BCUT2D eigenvalue weighted by Crippen LogP contribution is -2.51. The summed E-state index contributed by atoms with van der Waals surface area (Å²) in [6.45, 7) is 1.06. The standard InChI is InChI=1S/C17H15N5O2/c18-16(23)12-7-20-22(8-12)13-9-21(10-13)17(24)15-14-4-2-1-3-11(14)5-6-19-15/h1-8,13H,9-10H2,(H2,18,23). The molecule has 1 saturated heterocycles. The van der Waals surface area contributed by atoms with Gasteiger partial charge in [0.1, 0.15) is 5.69 Å². The summed E-state index contributed by atoms with van der Waals surface area (Å²) < 4.78 is 1.68. The van der Waals surface area contributed by atoms with Crippen molar-refractivity contribution in [2.24, 2.45) is 5.73 Å². The normalized spacial score (nSPS) is 14.6. The molecule has 0 saturated carbocycles. The van der Waals surface area contributed by atoms with Gasteiger partial charge in [-0.25, -0.2) is 0 Å². The third kappa shape index (κ3) is 2.30. The first kappa shape index (κ1) is 14.4. The Morgan fingerprint density at radius 1 is 1.17 bits per heavy atom. The van der Waals surface area contributed by atoms with Crippen LogP contribution in [-0.2, 0) is 0 Å². The summed E-state index contributed by atoms with van der Waals surface area (Å²) >= 11 is 0. The van der Waals surface area contributed by atoms with E-state index in [1.165, 1.54) is 6.20 Å². The van der Waals surface area contributed by atoms with E-state index in [1.807, 2.05) is 30.3 Å². The monoisotopic (exact) mass is 321 g/mol. The fraction of sp³-hybridized carbons (Fsp3) is 0.176. The van der Waals surface area contributed by atoms with Crippen molar-refractivity contribution in [3.63, 3.8) is 0 Å². The minimum atomic E-state index is -0.506. The lowest BCUT2D eigenvalue weighted by Gasteiger charge is -2.39. The predicted octanol–water partition coefficient (Wildman–Crippen LogP) is 1.23. The van der Waals surface area contributed by atoms with Crippen LogP contribution in [0.15, 0.2) is 48.9 Å². The van der Waals surface area contributed by atoms with Gasteiger partial charge in [-0.2, -0.15) is 5.10 Å². The molecule has 3 heterocycles. The number of fused-ring (bicyclic) bond motifs is 1. The van der Waals surface area contributed by atoms with Gasteiger partial charge in [-0.05, 0) is 11.5 Å². The van der Waals surface area contributed by atoms with E-state index in [0.717, 1.165) is 10.8 Å². The van der Waals surface area contributed by atoms with Crippen molar-refractivity contribution in [1.29, 1.82) is 0 Å². The summed E-state index contributed by atoms with van der Waals surface area (Å²) in [5.74, 6) is -0.598. The number of carbonyl (C=O) groups excluding carboxylic acids is 2. The number of aromatic nitrogens is 3. The lowest BCUT2D eigenvalue weighted by atomic mass is 10.1. The van der Waals surface area contributed by atoms with Crippen LogP contribution in [0.2, 0.25) is 0 Å². The maximum atomic E-state index is 12.7. The number of hydrogen-bond donors (Lipinski definition) is 1. The van der Waals surface area contributed by atoms with Gasteiger partial charge in [0.25, 0.3) is 11.8 Å². The van der Waals surface area contributed by atoms with Gasteiger partial charge >= 0.3 is 0 Å². The first-order valence-corrected chi connectivity index (χ1v) is 7.60. The summed E-state index contributed by atoms with van der Waals surface area (Å²) in [4.78, 5) is 29.8. The topological polar surface area (TPSA) is 94.1 Å². The Morgan fingerprint density at radius 2 is 1.96 bits per heavy atom. The molecule has 0 aliphatic carbocycles. The Labute approximate surface area is 137 Å². The second kappa shape index (κ2) is 5.45. The van der Waals surface area contributed by atoms with Gasteiger partial charge in [0.05, 0.1) is 17.8 Å². The number of pyridine rings is 1. The highest BCUT2D eigenvalue weighted by Crippen LogP contribution is 2.25. The zero-order valence-corrected chi connectivity index (χ0v) is 12.8. The minimum Gasteiger partial charge on any atom is -0.366 e. The number of rotatable bonds is 3. The van der Waals surface area contributed by atoms with Gasteiger partial charge in [0, 0.05) is 30.9 Å². The van der Waals surface area contributed by atoms with E-state index in [2.05, 4.69) is 10.1 Å². The third-order valence-corrected chi connectivity index (χ3v) is 4.29. The molecule has 7 heteroatoms. The van der Waals surface area contributed by atoms with Crippen molar-refractivity contribution in [3.05, 3.63) is 60.2 Å². The van der Waals surface area contributed by atoms with Crippen molar-refractivity contribution in [3.8, 4) is 0 Å². The Hall–Kier alpha value is -3.22. The van der Waals surface area contributed by atoms with Crippen molar-refractivity contribution >= 4 is 22.6 Å². The highest BCUT2D eigenvalue weighted by Gasteiger charge is 2.34. The number of likely N-dealkylation sites (tertiary alicyclic amines) is 1. The average Bonchev–Trinajstić information content (AvgIpc) is 3.02. The largest absolute Gasteiger partial charge is 0.366 e. The molecule has 1 aromatic carbocycles. The fourth-order valence-corrected chi connectivity index (χ4v) is 2.89. The average molecular weight is 321 g/mol. The second-order valence-corrected chi connectivity index (χ2v) is 5.82. The minimum absolute atomic E-state index is 0.0528. The van der Waals surface area contributed by atoms with E-state index in [9.17, 15) is 9.59 Å². The van der Waals surface area contributed by atoms with Gasteiger partial charge in [-0.15, -0.1) is 0 Å². The molecule has 3 aromatic rings. The Morgan fingerprint density at radius 3 is 2.71 bits per heavy atom. The van der Waals surface area contributed by atoms with Crippen LogP contribution in [0.1, 0.15) is 26.9 Å². The number of nitrogens with two attached hydrogens (primary N) is 1. The van der Waals surface area contributed by atoms with Crippen LogP contribution < -0.4 is 5.73 Å². The van der Waals surface area contributed by atoms with Gasteiger partial charge in [0.15, 0.2) is 0 Å². The molecule has 1 fully saturated rings. The van der Waals surface area contributed by atoms with Crippen LogP contribution in [-0.4, -0.2) is 44.6 Å². The van der Waals surface area contributed by atoms with Gasteiger partial charge in [-0.3, -0.25) is 19.3 Å². The summed E-state index contributed by atoms with van der Waals surface area (Å²) in [5.41, 5.74) is 6.06. The molecule has 4 rings (SSSR count). The van der Waals surface area contributed by atoms with Crippen LogP contribution in [0.25, 0.3) is 10.8 Å². The number of hydrogen-bond acceptors (Lipinski definition) is 4. The maximum Gasteiger partial charge on any atom is 0.273 e. The summed E-state index contributed by atoms with van der Waals surface area (Å²) in [6, 6.07) is 9.64. The molecule has 1 aliphatic heterocycles. The number of carbonyl (C=O) groups is 2. The molecule has 0 atom stereocenters. The van der Waals surface area contributed by atoms with Crippen LogP contribution in [0.5, 0.6) is 0 Å². The Bertz CT molecular complexity index is 938. The first-order chi connectivity index (χ1) is 11.6. The van der Waals surface area contributed by atoms with E-state index in [0.29, 0.717) is 24.3 Å². The van der Waals surface area contributed by atoms with E-state index in [-0.39, 0.29) is 11.9 Å². The lowest BCUT2D eigenvalue weighted by molar-refractivity contribution is 0.0497. The quantitative estimate of drug-likeness (QED) is 0.785. The van der Waals surface area contributed by atoms with E-state index >= 15 is 0 Å². The van der Waals surface area contributed by atoms with Crippen LogP contribution in [0, 0.1) is 0 Å². The molecule has 2 N–H and O–H groups in total. The van der Waals surface area contributed by atoms with E-state index < -0.39 is 5.91 Å². The van der Waals surface area contributed by atoms with Crippen molar-refractivity contribution in [2.45, 2.75) is 6.04 Å². The SMILES string of the molecule is NC(=O)c1cnn(C2CN(C(=O)c3nccc4ccccc34)C2)c1. The smallest absolute Gasteiger partial charge is 0.273 e. The van der Waals surface area contributed by atoms with Gasteiger partial charge in [-0.1, -0.05) is 24.3 Å². The van der Waals surface area contributed by atoms with E-state index in [1.54, 1.807) is 22.0 Å². The van der Waals surface area contributed by atoms with Crippen LogP contribution in [0.3, 0.4) is 0 Å². The molecule has 1 aliphatic rings. The molecule has 0 bridgehead atoms. The molecule has 0 unspecified atom stereocenters. The molecule has 0 radical (unpaired) electrons. The molecule has 120 valence electrons. The maximum absolute atomic E-state index is 12.7. The van der Waals surface area contributed by atoms with Crippen LogP contribution >= 0.6 is 0 Å². The Balaban J connectivity index is 1.52.